The molecule has 0 aliphatic carbocycles. The zero-order chi connectivity index (χ0) is 25.4. The van der Waals surface area contributed by atoms with Gasteiger partial charge < -0.3 is 9.88 Å². The summed E-state index contributed by atoms with van der Waals surface area (Å²) in [6.45, 7) is 4.69. The van der Waals surface area contributed by atoms with E-state index >= 15 is 0 Å². The van der Waals surface area contributed by atoms with E-state index in [0.29, 0.717) is 29.0 Å². The number of fused-ring (bicyclic) bond motifs is 1. The molecule has 1 aliphatic rings. The number of rotatable bonds is 4. The summed E-state index contributed by atoms with van der Waals surface area (Å²) in [5.74, 6) is -3.20. The van der Waals surface area contributed by atoms with Crippen molar-refractivity contribution in [2.45, 2.75) is 25.7 Å². The van der Waals surface area contributed by atoms with Crippen molar-refractivity contribution in [3.63, 3.8) is 0 Å². The Morgan fingerprint density at radius 3 is 2.61 bits per heavy atom. The highest BCUT2D eigenvalue weighted by atomic mass is 32.1. The number of carbonyl (C=O) groups is 2. The molecule has 0 saturated carbocycles. The fraction of sp³-hybridized carbons (Fsp3) is 0.222. The summed E-state index contributed by atoms with van der Waals surface area (Å²) in [4.78, 5) is 34.4. The van der Waals surface area contributed by atoms with Crippen molar-refractivity contribution >= 4 is 44.8 Å². The minimum absolute atomic E-state index is 0.238. The van der Waals surface area contributed by atoms with Gasteiger partial charge in [0.2, 0.25) is 0 Å². The molecule has 0 unspecified atom stereocenters. The van der Waals surface area contributed by atoms with Crippen molar-refractivity contribution in [1.82, 2.24) is 14.9 Å². The van der Waals surface area contributed by atoms with Crippen LogP contribution in [0.25, 0.3) is 16.5 Å². The quantitative estimate of drug-likeness (QED) is 0.360. The SMILES string of the molecule is CC(C)(c1ccccc1)c1csc(NC(=O)C(=O)N2CC=C(c3c[nH]c4cc(F)c(F)cc34)CC2)n1. The molecule has 9 heteroatoms. The van der Waals surface area contributed by atoms with Crippen LogP contribution < -0.4 is 5.32 Å². The number of carbonyl (C=O) groups excluding carboxylic acids is 2. The number of thiazole rings is 1. The molecule has 6 nitrogen and oxygen atoms in total. The van der Waals surface area contributed by atoms with Crippen LogP contribution >= 0.6 is 11.3 Å². The zero-order valence-corrected chi connectivity index (χ0v) is 20.6. The van der Waals surface area contributed by atoms with E-state index < -0.39 is 23.4 Å². The largest absolute Gasteiger partial charge is 0.360 e. The molecule has 4 aromatic rings. The standard InChI is InChI=1S/C27H24F2N4O2S/c1-27(2,17-6-4-3-5-7-17)23-15-36-26(31-23)32-24(34)25(35)33-10-8-16(9-11-33)19-14-30-22-13-21(29)20(28)12-18(19)22/h3-8,12-15,30H,9-11H2,1-2H3,(H,31,32,34). The molecule has 2 N–H and O–H groups in total. The summed E-state index contributed by atoms with van der Waals surface area (Å²) >= 11 is 1.28. The Morgan fingerprint density at radius 2 is 1.89 bits per heavy atom. The van der Waals surface area contributed by atoms with E-state index in [1.165, 1.54) is 22.3 Å². The number of halogens is 2. The third kappa shape index (κ3) is 4.42. The molecule has 184 valence electrons. The third-order valence-corrected chi connectivity index (χ3v) is 7.38. The van der Waals surface area contributed by atoms with Gasteiger partial charge in [0.25, 0.3) is 0 Å². The van der Waals surface area contributed by atoms with Crippen LogP contribution in [0.15, 0.2) is 60.1 Å². The maximum atomic E-state index is 13.8. The minimum Gasteiger partial charge on any atom is -0.360 e. The van der Waals surface area contributed by atoms with E-state index in [1.54, 1.807) is 6.20 Å². The van der Waals surface area contributed by atoms with Crippen LogP contribution in [-0.4, -0.2) is 39.8 Å². The smallest absolute Gasteiger partial charge is 0.315 e. The van der Waals surface area contributed by atoms with E-state index in [9.17, 15) is 18.4 Å². The van der Waals surface area contributed by atoms with E-state index in [0.717, 1.165) is 28.5 Å². The maximum Gasteiger partial charge on any atom is 0.315 e. The van der Waals surface area contributed by atoms with Crippen LogP contribution in [0.3, 0.4) is 0 Å². The summed E-state index contributed by atoms with van der Waals surface area (Å²) in [6.07, 6.45) is 4.02. The number of H-pyrrole nitrogens is 1. The summed E-state index contributed by atoms with van der Waals surface area (Å²) in [5.41, 5.74) is 3.73. The van der Waals surface area contributed by atoms with Gasteiger partial charge in [-0.1, -0.05) is 50.3 Å². The zero-order valence-electron chi connectivity index (χ0n) is 19.8. The number of anilines is 1. The topological polar surface area (TPSA) is 78.1 Å². The van der Waals surface area contributed by atoms with Gasteiger partial charge in [-0.05, 0) is 23.6 Å². The summed E-state index contributed by atoms with van der Waals surface area (Å²) in [7, 11) is 0. The highest BCUT2D eigenvalue weighted by Crippen LogP contribution is 2.34. The van der Waals surface area contributed by atoms with Gasteiger partial charge in [0.05, 0.1) is 5.69 Å². The predicted molar refractivity (Wildman–Crippen MR) is 137 cm³/mol. The van der Waals surface area contributed by atoms with Gasteiger partial charge in [-0.15, -0.1) is 11.3 Å². The number of nitrogens with zero attached hydrogens (tertiary/aromatic N) is 2. The molecular formula is C27H24F2N4O2S. The molecule has 2 aromatic carbocycles. The first-order valence-electron chi connectivity index (χ1n) is 11.5. The highest BCUT2D eigenvalue weighted by molar-refractivity contribution is 7.14. The Bertz CT molecular complexity index is 1490. The fourth-order valence-electron chi connectivity index (χ4n) is 4.40. The van der Waals surface area contributed by atoms with Gasteiger partial charge in [-0.3, -0.25) is 14.9 Å². The lowest BCUT2D eigenvalue weighted by atomic mass is 9.82. The Hall–Kier alpha value is -3.85. The number of aromatic nitrogens is 2. The van der Waals surface area contributed by atoms with E-state index in [2.05, 4.69) is 29.1 Å². The molecular weight excluding hydrogens is 482 g/mol. The fourth-order valence-corrected chi connectivity index (χ4v) is 5.27. The molecule has 36 heavy (non-hydrogen) atoms. The van der Waals surface area contributed by atoms with Gasteiger partial charge >= 0.3 is 11.8 Å². The molecule has 0 radical (unpaired) electrons. The molecule has 0 atom stereocenters. The normalized spacial score (nSPS) is 14.1. The second-order valence-electron chi connectivity index (χ2n) is 9.23. The summed E-state index contributed by atoms with van der Waals surface area (Å²) < 4.78 is 27.3. The maximum absolute atomic E-state index is 13.8. The molecule has 2 amide bonds. The average molecular weight is 507 g/mol. The summed E-state index contributed by atoms with van der Waals surface area (Å²) in [6, 6.07) is 12.3. The number of aromatic amines is 1. The molecule has 0 fully saturated rings. The van der Waals surface area contributed by atoms with Crippen molar-refractivity contribution in [2.75, 3.05) is 18.4 Å². The number of hydrogen-bond acceptors (Lipinski definition) is 4. The first-order valence-corrected chi connectivity index (χ1v) is 12.4. The molecule has 5 rings (SSSR count). The van der Waals surface area contributed by atoms with Crippen LogP contribution in [0, 0.1) is 11.6 Å². The van der Waals surface area contributed by atoms with Crippen molar-refractivity contribution in [2.24, 2.45) is 0 Å². The molecule has 0 bridgehead atoms. The number of amides is 2. The Morgan fingerprint density at radius 1 is 1.14 bits per heavy atom. The van der Waals surface area contributed by atoms with Gasteiger partial charge in [0.1, 0.15) is 0 Å². The predicted octanol–water partition coefficient (Wildman–Crippen LogP) is 5.48. The lowest BCUT2D eigenvalue weighted by molar-refractivity contribution is -0.142. The van der Waals surface area contributed by atoms with Crippen molar-refractivity contribution in [1.29, 1.82) is 0 Å². The first kappa shape index (κ1) is 23.9. The average Bonchev–Trinajstić information content (AvgIpc) is 3.52. The third-order valence-electron chi connectivity index (χ3n) is 6.62. The van der Waals surface area contributed by atoms with Crippen LogP contribution in [0.4, 0.5) is 13.9 Å². The van der Waals surface area contributed by atoms with Gasteiger partial charge in [0, 0.05) is 52.6 Å². The summed E-state index contributed by atoms with van der Waals surface area (Å²) in [5, 5.41) is 5.47. The van der Waals surface area contributed by atoms with Gasteiger partial charge in [-0.2, -0.15) is 0 Å². The number of nitrogens with one attached hydrogen (secondary N) is 2. The Kier molecular flexibility index (Phi) is 6.17. The number of benzene rings is 2. The van der Waals surface area contributed by atoms with Crippen LogP contribution in [-0.2, 0) is 15.0 Å². The Labute approximate surface area is 210 Å². The lowest BCUT2D eigenvalue weighted by Crippen LogP contribution is -2.41. The number of hydrogen-bond donors (Lipinski definition) is 2. The van der Waals surface area contributed by atoms with Gasteiger partial charge in [0.15, 0.2) is 16.8 Å². The Balaban J connectivity index is 1.25. The second kappa shape index (κ2) is 9.31. The minimum atomic E-state index is -0.911. The van der Waals surface area contributed by atoms with E-state index in [4.69, 9.17) is 0 Å². The van der Waals surface area contributed by atoms with Crippen molar-refractivity contribution < 1.29 is 18.4 Å². The van der Waals surface area contributed by atoms with Crippen molar-refractivity contribution in [3.05, 3.63) is 88.6 Å². The van der Waals surface area contributed by atoms with Crippen LogP contribution in [0.2, 0.25) is 0 Å². The molecule has 0 spiro atoms. The first-order chi connectivity index (χ1) is 17.2. The molecule has 0 saturated heterocycles. The lowest BCUT2D eigenvalue weighted by Gasteiger charge is -2.25. The molecule has 2 aromatic heterocycles. The second-order valence-corrected chi connectivity index (χ2v) is 10.1. The van der Waals surface area contributed by atoms with Gasteiger partial charge in [-0.25, -0.2) is 13.8 Å². The molecule has 3 heterocycles. The molecule has 1 aliphatic heterocycles. The van der Waals surface area contributed by atoms with Crippen LogP contribution in [0.1, 0.15) is 37.1 Å². The van der Waals surface area contributed by atoms with E-state index in [-0.39, 0.29) is 12.0 Å². The monoisotopic (exact) mass is 506 g/mol. The van der Waals surface area contributed by atoms with E-state index in [1.807, 2.05) is 41.8 Å². The van der Waals surface area contributed by atoms with Crippen LogP contribution in [0.5, 0.6) is 0 Å². The highest BCUT2D eigenvalue weighted by Gasteiger charge is 2.28. The van der Waals surface area contributed by atoms with Crippen molar-refractivity contribution in [3.8, 4) is 0 Å².